The van der Waals surface area contributed by atoms with Gasteiger partial charge in [-0.05, 0) is 50.1 Å². The highest BCUT2D eigenvalue weighted by molar-refractivity contribution is 9.11. The highest BCUT2D eigenvalue weighted by Crippen LogP contribution is 2.29. The fourth-order valence-electron chi connectivity index (χ4n) is 1.60. The third-order valence-electron chi connectivity index (χ3n) is 2.14. The summed E-state index contributed by atoms with van der Waals surface area (Å²) in [4.78, 5) is 4.38. The normalized spacial score (nSPS) is 11.8. The standard InChI is InChI=1S/C9H4Br2N2/c10-5-4-8-12-9(11)7-3-1-2-6(5)13(7)8/h1-4H. The minimum absolute atomic E-state index is 0.903. The summed E-state index contributed by atoms with van der Waals surface area (Å²) < 4.78 is 4.11. The van der Waals surface area contributed by atoms with Gasteiger partial charge < -0.3 is 0 Å². The summed E-state index contributed by atoms with van der Waals surface area (Å²) in [5.41, 5.74) is 3.24. The Bertz CT molecular complexity index is 539. The molecule has 0 atom stereocenters. The minimum Gasteiger partial charge on any atom is -0.291 e. The summed E-state index contributed by atoms with van der Waals surface area (Å²) >= 11 is 6.93. The first-order chi connectivity index (χ1) is 6.27. The largest absolute Gasteiger partial charge is 0.291 e. The predicted octanol–water partition coefficient (Wildman–Crippen LogP) is 3.45. The molecule has 0 aliphatic rings. The van der Waals surface area contributed by atoms with Crippen LogP contribution in [0, 0.1) is 0 Å². The average Bonchev–Trinajstić information content (AvgIpc) is 2.59. The van der Waals surface area contributed by atoms with Crippen molar-refractivity contribution in [1.82, 2.24) is 9.38 Å². The highest BCUT2D eigenvalue weighted by atomic mass is 79.9. The molecule has 0 aliphatic carbocycles. The molecule has 3 heterocycles. The molecular formula is C9H4Br2N2. The van der Waals surface area contributed by atoms with Crippen LogP contribution in [0.3, 0.4) is 0 Å². The summed E-state index contributed by atoms with van der Waals surface area (Å²) in [5.74, 6) is 0. The molecule has 0 aromatic carbocycles. The molecule has 3 rings (SSSR count). The van der Waals surface area contributed by atoms with Crippen molar-refractivity contribution in [3.8, 4) is 0 Å². The van der Waals surface area contributed by atoms with Crippen LogP contribution in [0.5, 0.6) is 0 Å². The molecule has 0 radical (unpaired) electrons. The number of pyridine rings is 1. The number of hydrogen-bond acceptors (Lipinski definition) is 1. The first-order valence-electron chi connectivity index (χ1n) is 3.82. The molecule has 0 spiro atoms. The van der Waals surface area contributed by atoms with Crippen molar-refractivity contribution >= 4 is 48.5 Å². The molecule has 0 unspecified atom stereocenters. The Morgan fingerprint density at radius 1 is 1.15 bits per heavy atom. The van der Waals surface area contributed by atoms with Gasteiger partial charge in [0, 0.05) is 4.47 Å². The second-order valence-corrected chi connectivity index (χ2v) is 4.49. The molecule has 13 heavy (non-hydrogen) atoms. The van der Waals surface area contributed by atoms with Crippen LogP contribution in [0.4, 0.5) is 0 Å². The van der Waals surface area contributed by atoms with Crippen LogP contribution in [-0.2, 0) is 0 Å². The Hall–Kier alpha value is -0.610. The van der Waals surface area contributed by atoms with Gasteiger partial charge in [0.2, 0.25) is 0 Å². The van der Waals surface area contributed by atoms with Crippen LogP contribution < -0.4 is 0 Å². The van der Waals surface area contributed by atoms with Gasteiger partial charge in [-0.3, -0.25) is 4.40 Å². The SMILES string of the molecule is Brc1cc2nc(Br)c3cccc1n23. The second kappa shape index (κ2) is 2.45. The Morgan fingerprint density at radius 3 is 2.77 bits per heavy atom. The van der Waals surface area contributed by atoms with E-state index in [1.54, 1.807) is 0 Å². The second-order valence-electron chi connectivity index (χ2n) is 2.88. The molecule has 3 aromatic heterocycles. The summed E-state index contributed by atoms with van der Waals surface area (Å²) in [6, 6.07) is 8.16. The van der Waals surface area contributed by atoms with Crippen LogP contribution in [0.15, 0.2) is 33.3 Å². The lowest BCUT2D eigenvalue weighted by Crippen LogP contribution is -1.80. The van der Waals surface area contributed by atoms with Crippen molar-refractivity contribution in [3.05, 3.63) is 33.3 Å². The van der Waals surface area contributed by atoms with Gasteiger partial charge in [0.25, 0.3) is 0 Å². The fourth-order valence-corrected chi connectivity index (χ4v) is 2.60. The Labute approximate surface area is 91.2 Å². The van der Waals surface area contributed by atoms with E-state index in [2.05, 4.69) is 47.3 Å². The first kappa shape index (κ1) is 7.76. The van der Waals surface area contributed by atoms with E-state index in [4.69, 9.17) is 0 Å². The van der Waals surface area contributed by atoms with Gasteiger partial charge >= 0.3 is 0 Å². The lowest BCUT2D eigenvalue weighted by molar-refractivity contribution is 1.32. The van der Waals surface area contributed by atoms with E-state index in [9.17, 15) is 0 Å². The van der Waals surface area contributed by atoms with Gasteiger partial charge in [-0.1, -0.05) is 6.07 Å². The lowest BCUT2D eigenvalue weighted by atomic mass is 10.4. The number of halogens is 2. The monoisotopic (exact) mass is 298 g/mol. The van der Waals surface area contributed by atoms with E-state index in [0.29, 0.717) is 0 Å². The number of nitrogens with zero attached hydrogens (tertiary/aromatic N) is 2. The van der Waals surface area contributed by atoms with E-state index < -0.39 is 0 Å². The average molecular weight is 300 g/mol. The number of aromatic nitrogens is 2. The van der Waals surface area contributed by atoms with Crippen molar-refractivity contribution in [3.63, 3.8) is 0 Å². The molecule has 0 saturated carbocycles. The van der Waals surface area contributed by atoms with Gasteiger partial charge in [-0.15, -0.1) is 0 Å². The van der Waals surface area contributed by atoms with Gasteiger partial charge in [-0.2, -0.15) is 0 Å². The lowest BCUT2D eigenvalue weighted by Gasteiger charge is -1.94. The molecule has 0 saturated heterocycles. The van der Waals surface area contributed by atoms with Crippen molar-refractivity contribution in [2.45, 2.75) is 0 Å². The molecule has 0 amide bonds. The van der Waals surface area contributed by atoms with Crippen molar-refractivity contribution in [2.75, 3.05) is 0 Å². The molecular weight excluding hydrogens is 296 g/mol. The topological polar surface area (TPSA) is 17.3 Å². The van der Waals surface area contributed by atoms with Gasteiger partial charge in [0.05, 0.1) is 11.0 Å². The number of rotatable bonds is 0. The van der Waals surface area contributed by atoms with Crippen molar-refractivity contribution in [1.29, 1.82) is 0 Å². The third kappa shape index (κ3) is 0.901. The van der Waals surface area contributed by atoms with Crippen molar-refractivity contribution in [2.24, 2.45) is 0 Å². The van der Waals surface area contributed by atoms with E-state index in [0.717, 1.165) is 25.8 Å². The zero-order chi connectivity index (χ0) is 9.00. The van der Waals surface area contributed by atoms with Gasteiger partial charge in [-0.25, -0.2) is 4.98 Å². The smallest absolute Gasteiger partial charge is 0.140 e. The van der Waals surface area contributed by atoms with Crippen LogP contribution in [0.2, 0.25) is 0 Å². The zero-order valence-electron chi connectivity index (χ0n) is 6.46. The molecule has 0 fully saturated rings. The van der Waals surface area contributed by atoms with Crippen LogP contribution in [0.25, 0.3) is 16.7 Å². The number of hydrogen-bond donors (Lipinski definition) is 0. The van der Waals surface area contributed by atoms with Gasteiger partial charge in [0.15, 0.2) is 0 Å². The quantitative estimate of drug-likeness (QED) is 0.621. The van der Waals surface area contributed by atoms with Crippen LogP contribution in [-0.4, -0.2) is 9.38 Å². The maximum absolute atomic E-state index is 4.38. The Balaban J connectivity index is 2.73. The van der Waals surface area contributed by atoms with Gasteiger partial charge in [0.1, 0.15) is 10.3 Å². The van der Waals surface area contributed by atoms with E-state index >= 15 is 0 Å². The molecule has 0 aliphatic heterocycles. The molecule has 64 valence electrons. The molecule has 0 bridgehead atoms. The van der Waals surface area contributed by atoms with Crippen LogP contribution in [0.1, 0.15) is 0 Å². The molecule has 0 N–H and O–H groups in total. The highest BCUT2D eigenvalue weighted by Gasteiger charge is 2.11. The predicted molar refractivity (Wildman–Crippen MR) is 59.3 cm³/mol. The Morgan fingerprint density at radius 2 is 1.92 bits per heavy atom. The summed E-state index contributed by atoms with van der Waals surface area (Å²) in [6.45, 7) is 0. The zero-order valence-corrected chi connectivity index (χ0v) is 9.63. The summed E-state index contributed by atoms with van der Waals surface area (Å²) in [5, 5.41) is 0. The first-order valence-corrected chi connectivity index (χ1v) is 5.40. The number of imidazole rings is 1. The maximum Gasteiger partial charge on any atom is 0.140 e. The summed E-state index contributed by atoms with van der Waals surface area (Å²) in [6.07, 6.45) is 0. The minimum atomic E-state index is 0.903. The molecule has 2 nitrogen and oxygen atoms in total. The fraction of sp³-hybridized carbons (Fsp3) is 0. The maximum atomic E-state index is 4.38. The van der Waals surface area contributed by atoms with Crippen molar-refractivity contribution < 1.29 is 0 Å². The van der Waals surface area contributed by atoms with Crippen LogP contribution >= 0.6 is 31.9 Å². The molecule has 3 aromatic rings. The van der Waals surface area contributed by atoms with E-state index in [-0.39, 0.29) is 0 Å². The third-order valence-corrected chi connectivity index (χ3v) is 3.36. The van der Waals surface area contributed by atoms with E-state index in [1.807, 2.05) is 18.2 Å². The van der Waals surface area contributed by atoms with E-state index in [1.165, 1.54) is 0 Å². The summed E-state index contributed by atoms with van der Waals surface area (Å²) in [7, 11) is 0. The molecule has 4 heteroatoms. The Kier molecular flexibility index (Phi) is 1.46.